The smallest absolute Gasteiger partial charge is 0.221 e. The molecule has 2 fully saturated rings. The number of nitrogens with zero attached hydrogens (tertiary/aromatic N) is 1. The third kappa shape index (κ3) is 4.85. The average Bonchev–Trinajstić information content (AvgIpc) is 3.26. The monoisotopic (exact) mass is 345 g/mol. The van der Waals surface area contributed by atoms with Gasteiger partial charge in [0.15, 0.2) is 0 Å². The maximum absolute atomic E-state index is 11.1. The molecule has 2 aliphatic rings. The first-order valence-electron chi connectivity index (χ1n) is 7.56. The lowest BCUT2D eigenvalue weighted by Gasteiger charge is -2.35. The van der Waals surface area contributed by atoms with Crippen molar-refractivity contribution in [2.75, 3.05) is 31.5 Å². The zero-order valence-corrected chi connectivity index (χ0v) is 14.5. The van der Waals surface area contributed by atoms with Crippen LogP contribution in [-0.2, 0) is 4.79 Å². The maximum atomic E-state index is 11.1. The molecule has 1 atom stereocenters. The van der Waals surface area contributed by atoms with Gasteiger partial charge >= 0.3 is 0 Å². The van der Waals surface area contributed by atoms with Crippen LogP contribution in [0.3, 0.4) is 0 Å². The Kier molecular flexibility index (Phi) is 7.63. The van der Waals surface area contributed by atoms with E-state index < -0.39 is 0 Å². The van der Waals surface area contributed by atoms with Gasteiger partial charge < -0.3 is 10.6 Å². The van der Waals surface area contributed by atoms with Crippen LogP contribution in [0.2, 0.25) is 0 Å². The molecule has 2 N–H and O–H groups in total. The number of hydrogen-bond donors (Lipinski definition) is 2. The molecule has 1 amide bonds. The fourth-order valence-corrected chi connectivity index (χ4v) is 3.12. The predicted octanol–water partition coefficient (Wildman–Crippen LogP) is 2.84. The summed E-state index contributed by atoms with van der Waals surface area (Å²) in [6.07, 6.45) is 2.70. The first-order chi connectivity index (χ1) is 9.74. The predicted molar refractivity (Wildman–Crippen MR) is 95.1 cm³/mol. The number of benzene rings is 1. The molecule has 124 valence electrons. The highest BCUT2D eigenvalue weighted by Gasteiger charge is 2.36. The summed E-state index contributed by atoms with van der Waals surface area (Å²) in [5.41, 5.74) is 2.28. The number of anilines is 1. The van der Waals surface area contributed by atoms with Crippen molar-refractivity contribution in [1.82, 2.24) is 10.2 Å². The molecule has 1 aromatic rings. The Morgan fingerprint density at radius 1 is 1.18 bits per heavy atom. The van der Waals surface area contributed by atoms with Crippen molar-refractivity contribution >= 4 is 36.4 Å². The van der Waals surface area contributed by atoms with E-state index in [1.165, 1.54) is 18.4 Å². The van der Waals surface area contributed by atoms with Gasteiger partial charge in [-0.15, -0.1) is 24.8 Å². The fraction of sp³-hybridized carbons (Fsp3) is 0.562. The molecule has 0 bridgehead atoms. The molecule has 1 aromatic carbocycles. The van der Waals surface area contributed by atoms with E-state index in [9.17, 15) is 4.79 Å². The van der Waals surface area contributed by atoms with Crippen molar-refractivity contribution in [3.63, 3.8) is 0 Å². The van der Waals surface area contributed by atoms with Gasteiger partial charge in [-0.2, -0.15) is 0 Å². The standard InChI is InChI=1S/C16H23N3O.2ClH/c1-12(20)18-15-6-4-14(5-7-15)16(13-2-3-13)19-10-8-17-9-11-19;;/h4-7,13,16-17H,2-3,8-11H2,1H3,(H,18,20);2*1H/t16-;;/m1../s1. The molecule has 0 aromatic heterocycles. The van der Waals surface area contributed by atoms with E-state index in [4.69, 9.17) is 0 Å². The van der Waals surface area contributed by atoms with Crippen molar-refractivity contribution in [2.45, 2.75) is 25.8 Å². The quantitative estimate of drug-likeness (QED) is 0.881. The van der Waals surface area contributed by atoms with E-state index >= 15 is 0 Å². The lowest BCUT2D eigenvalue weighted by atomic mass is 9.99. The Morgan fingerprint density at radius 2 is 1.77 bits per heavy atom. The van der Waals surface area contributed by atoms with E-state index in [1.54, 1.807) is 6.92 Å². The van der Waals surface area contributed by atoms with Gasteiger partial charge in [-0.05, 0) is 36.5 Å². The van der Waals surface area contributed by atoms with E-state index in [2.05, 4.69) is 27.7 Å². The van der Waals surface area contributed by atoms with Gasteiger partial charge in [-0.25, -0.2) is 0 Å². The van der Waals surface area contributed by atoms with Crippen LogP contribution >= 0.6 is 24.8 Å². The third-order valence-electron chi connectivity index (χ3n) is 4.19. The van der Waals surface area contributed by atoms with E-state index in [1.807, 2.05) is 12.1 Å². The SMILES string of the molecule is CC(=O)Nc1ccc([C@@H](C2CC2)N2CCNCC2)cc1.Cl.Cl. The molecule has 0 unspecified atom stereocenters. The van der Waals surface area contributed by atoms with Gasteiger partial charge in [-0.3, -0.25) is 9.69 Å². The minimum Gasteiger partial charge on any atom is -0.326 e. The van der Waals surface area contributed by atoms with Gasteiger partial charge in [0.1, 0.15) is 0 Å². The van der Waals surface area contributed by atoms with E-state index in [0.717, 1.165) is 37.8 Å². The number of amides is 1. The average molecular weight is 346 g/mol. The molecular weight excluding hydrogens is 321 g/mol. The van der Waals surface area contributed by atoms with Crippen molar-refractivity contribution in [3.8, 4) is 0 Å². The summed E-state index contributed by atoms with van der Waals surface area (Å²) in [6.45, 7) is 5.99. The van der Waals surface area contributed by atoms with Crippen LogP contribution in [0, 0.1) is 5.92 Å². The van der Waals surface area contributed by atoms with Crippen LogP contribution in [0.5, 0.6) is 0 Å². The first-order valence-corrected chi connectivity index (χ1v) is 7.56. The molecule has 6 heteroatoms. The van der Waals surface area contributed by atoms with Crippen LogP contribution in [0.4, 0.5) is 5.69 Å². The zero-order valence-electron chi connectivity index (χ0n) is 12.9. The topological polar surface area (TPSA) is 44.4 Å². The van der Waals surface area contributed by atoms with E-state index in [0.29, 0.717) is 6.04 Å². The van der Waals surface area contributed by atoms with Crippen molar-refractivity contribution in [3.05, 3.63) is 29.8 Å². The maximum Gasteiger partial charge on any atom is 0.221 e. The Labute approximate surface area is 144 Å². The Morgan fingerprint density at radius 3 is 2.27 bits per heavy atom. The molecule has 1 aliphatic carbocycles. The number of rotatable bonds is 4. The van der Waals surface area contributed by atoms with Gasteiger partial charge in [0, 0.05) is 44.8 Å². The largest absolute Gasteiger partial charge is 0.326 e. The molecule has 0 radical (unpaired) electrons. The number of nitrogens with one attached hydrogen (secondary N) is 2. The van der Waals surface area contributed by atoms with Gasteiger partial charge in [-0.1, -0.05) is 12.1 Å². The second-order valence-electron chi connectivity index (χ2n) is 5.87. The Hall–Kier alpha value is -0.810. The summed E-state index contributed by atoms with van der Waals surface area (Å²) < 4.78 is 0. The van der Waals surface area contributed by atoms with Gasteiger partial charge in [0.05, 0.1) is 0 Å². The molecule has 1 saturated carbocycles. The molecule has 22 heavy (non-hydrogen) atoms. The van der Waals surface area contributed by atoms with Gasteiger partial charge in [0.25, 0.3) is 0 Å². The summed E-state index contributed by atoms with van der Waals surface area (Å²) in [5.74, 6) is 0.804. The van der Waals surface area contributed by atoms with Crippen LogP contribution in [-0.4, -0.2) is 37.0 Å². The Bertz CT molecular complexity index is 471. The van der Waals surface area contributed by atoms with Crippen LogP contribution in [0.25, 0.3) is 0 Å². The summed E-state index contributed by atoms with van der Waals surface area (Å²) in [4.78, 5) is 13.7. The minimum absolute atomic E-state index is 0. The fourth-order valence-electron chi connectivity index (χ4n) is 3.12. The highest BCUT2D eigenvalue weighted by molar-refractivity contribution is 5.88. The summed E-state index contributed by atoms with van der Waals surface area (Å²) in [5, 5.41) is 6.25. The minimum atomic E-state index is -0.0152. The summed E-state index contributed by atoms with van der Waals surface area (Å²) >= 11 is 0. The van der Waals surface area contributed by atoms with Crippen LogP contribution in [0.1, 0.15) is 31.4 Å². The molecule has 3 rings (SSSR count). The molecule has 0 spiro atoms. The number of carbonyl (C=O) groups excluding carboxylic acids is 1. The normalized spacial score (nSPS) is 19.5. The lowest BCUT2D eigenvalue weighted by molar-refractivity contribution is -0.114. The van der Waals surface area contributed by atoms with Crippen molar-refractivity contribution < 1.29 is 4.79 Å². The molecule has 1 aliphatic heterocycles. The highest BCUT2D eigenvalue weighted by Crippen LogP contribution is 2.44. The first kappa shape index (κ1) is 19.2. The van der Waals surface area contributed by atoms with E-state index in [-0.39, 0.29) is 30.7 Å². The summed E-state index contributed by atoms with van der Waals surface area (Å²) in [7, 11) is 0. The van der Waals surface area contributed by atoms with Gasteiger partial charge in [0.2, 0.25) is 5.91 Å². The molecule has 1 saturated heterocycles. The van der Waals surface area contributed by atoms with Crippen LogP contribution < -0.4 is 10.6 Å². The molecule has 4 nitrogen and oxygen atoms in total. The number of halogens is 2. The number of hydrogen-bond acceptors (Lipinski definition) is 3. The number of piperazine rings is 1. The van der Waals surface area contributed by atoms with Crippen molar-refractivity contribution in [2.24, 2.45) is 5.92 Å². The second-order valence-corrected chi connectivity index (χ2v) is 5.87. The molecular formula is C16H25Cl2N3O. The highest BCUT2D eigenvalue weighted by atomic mass is 35.5. The van der Waals surface area contributed by atoms with Crippen molar-refractivity contribution in [1.29, 1.82) is 0 Å². The second kappa shape index (κ2) is 8.73. The Balaban J connectivity index is 0.00000121. The summed E-state index contributed by atoms with van der Waals surface area (Å²) in [6, 6.07) is 8.96. The molecule has 1 heterocycles. The third-order valence-corrected chi connectivity index (χ3v) is 4.19. The van der Waals surface area contributed by atoms with Crippen LogP contribution in [0.15, 0.2) is 24.3 Å². The lowest BCUT2D eigenvalue weighted by Crippen LogP contribution is -2.45. The zero-order chi connectivity index (χ0) is 13.9. The number of carbonyl (C=O) groups is 1.